The first-order valence-electron chi connectivity index (χ1n) is 17.6. The van der Waals surface area contributed by atoms with Gasteiger partial charge in [-0.25, -0.2) is 4.39 Å². The zero-order valence-electron chi connectivity index (χ0n) is 27.2. The summed E-state index contributed by atoms with van der Waals surface area (Å²) in [6.07, 6.45) is 15.9. The molecular formula is C39H59FO. The third-order valence-corrected chi connectivity index (χ3v) is 14.9. The van der Waals surface area contributed by atoms with Gasteiger partial charge in [0, 0.05) is 6.42 Å². The summed E-state index contributed by atoms with van der Waals surface area (Å²) < 4.78 is 16.6. The van der Waals surface area contributed by atoms with Crippen LogP contribution in [0.15, 0.2) is 36.0 Å². The lowest BCUT2D eigenvalue weighted by atomic mass is 9.38. The van der Waals surface area contributed by atoms with Gasteiger partial charge in [-0.3, -0.25) is 4.79 Å². The summed E-state index contributed by atoms with van der Waals surface area (Å²) in [4.78, 5) is 13.5. The quantitative estimate of drug-likeness (QED) is 0.282. The van der Waals surface area contributed by atoms with E-state index in [2.05, 4.69) is 60.8 Å². The van der Waals surface area contributed by atoms with Crippen molar-refractivity contribution in [2.24, 2.45) is 69.5 Å². The van der Waals surface area contributed by atoms with E-state index in [0.717, 1.165) is 32.1 Å². The summed E-state index contributed by atoms with van der Waals surface area (Å²) in [6, 6.07) is 0. The average molecular weight is 563 g/mol. The van der Waals surface area contributed by atoms with Gasteiger partial charge in [0.1, 0.15) is 6.17 Å². The Morgan fingerprint density at radius 3 is 2.39 bits per heavy atom. The van der Waals surface area contributed by atoms with Crippen LogP contribution in [0.25, 0.3) is 0 Å². The highest BCUT2D eigenvalue weighted by Crippen LogP contribution is 2.72. The maximum absolute atomic E-state index is 16.6. The second kappa shape index (κ2) is 10.5. The van der Waals surface area contributed by atoms with Gasteiger partial charge >= 0.3 is 0 Å². The van der Waals surface area contributed by atoms with Crippen LogP contribution in [0.2, 0.25) is 0 Å². The molecule has 0 radical (unpaired) electrons. The molecule has 2 heteroatoms. The number of carbonyl (C=O) groups is 1. The Hall–Kier alpha value is -1.18. The van der Waals surface area contributed by atoms with Crippen LogP contribution in [0.1, 0.15) is 125 Å². The van der Waals surface area contributed by atoms with Gasteiger partial charge in [-0.05, 0) is 146 Å². The number of carbonyl (C=O) groups excluding carboxylic acids is 1. The van der Waals surface area contributed by atoms with E-state index in [1.807, 2.05) is 0 Å². The second-order valence-electron chi connectivity index (χ2n) is 16.9. The topological polar surface area (TPSA) is 17.1 Å². The summed E-state index contributed by atoms with van der Waals surface area (Å²) >= 11 is 0. The number of hydrogen-bond donors (Lipinski definition) is 0. The first-order chi connectivity index (χ1) is 19.4. The van der Waals surface area contributed by atoms with Crippen molar-refractivity contribution >= 4 is 5.78 Å². The largest absolute Gasteiger partial charge is 0.295 e. The van der Waals surface area contributed by atoms with Gasteiger partial charge in [-0.2, -0.15) is 0 Å². The SMILES string of the molecule is C=CC1CC(C(=C)CC2CCC3(C)C(CCC4(C)C5CCC6(CCC)CC(=O)C(C(C)C)=C6C5CCC43)C2F)C1C. The molecule has 228 valence electrons. The number of Topliss-reactive ketones (excluding diaryl/α,β-unsaturated/α-hetero) is 1. The van der Waals surface area contributed by atoms with Crippen LogP contribution < -0.4 is 0 Å². The summed E-state index contributed by atoms with van der Waals surface area (Å²) in [5.74, 6) is 4.77. The molecule has 41 heavy (non-hydrogen) atoms. The maximum atomic E-state index is 16.6. The van der Waals surface area contributed by atoms with Crippen molar-refractivity contribution < 1.29 is 9.18 Å². The molecule has 12 unspecified atom stereocenters. The monoisotopic (exact) mass is 562 g/mol. The number of rotatable bonds is 7. The van der Waals surface area contributed by atoms with Gasteiger partial charge in [-0.1, -0.05) is 71.8 Å². The van der Waals surface area contributed by atoms with Gasteiger partial charge in [0.05, 0.1) is 0 Å². The molecule has 5 fully saturated rings. The zero-order chi connectivity index (χ0) is 29.5. The van der Waals surface area contributed by atoms with E-state index >= 15 is 4.39 Å². The molecule has 0 aromatic rings. The van der Waals surface area contributed by atoms with Crippen molar-refractivity contribution in [2.75, 3.05) is 0 Å². The van der Waals surface area contributed by atoms with Crippen LogP contribution in [0, 0.1) is 69.5 Å². The van der Waals surface area contributed by atoms with Gasteiger partial charge < -0.3 is 0 Å². The molecule has 0 aromatic heterocycles. The molecule has 0 saturated heterocycles. The smallest absolute Gasteiger partial charge is 0.159 e. The minimum Gasteiger partial charge on any atom is -0.295 e. The molecule has 1 nitrogen and oxygen atoms in total. The summed E-state index contributed by atoms with van der Waals surface area (Å²) in [6.45, 7) is 22.8. The van der Waals surface area contributed by atoms with Crippen LogP contribution >= 0.6 is 0 Å². The van der Waals surface area contributed by atoms with Crippen molar-refractivity contribution in [2.45, 2.75) is 131 Å². The summed E-state index contributed by atoms with van der Waals surface area (Å²) in [5, 5.41) is 0. The van der Waals surface area contributed by atoms with Gasteiger partial charge in [0.2, 0.25) is 0 Å². The Kier molecular flexibility index (Phi) is 7.63. The third-order valence-electron chi connectivity index (χ3n) is 14.9. The average Bonchev–Trinajstić information content (AvgIpc) is 3.22. The van der Waals surface area contributed by atoms with Crippen molar-refractivity contribution in [1.29, 1.82) is 0 Å². The fourth-order valence-electron chi connectivity index (χ4n) is 12.9. The predicted molar refractivity (Wildman–Crippen MR) is 169 cm³/mol. The van der Waals surface area contributed by atoms with Crippen LogP contribution in [0.5, 0.6) is 0 Å². The molecule has 0 spiro atoms. The summed E-state index contributed by atoms with van der Waals surface area (Å²) in [5.41, 5.74) is 4.67. The highest BCUT2D eigenvalue weighted by atomic mass is 19.1. The molecule has 0 bridgehead atoms. The van der Waals surface area contributed by atoms with E-state index in [0.29, 0.717) is 47.2 Å². The predicted octanol–water partition coefficient (Wildman–Crippen LogP) is 10.7. The van der Waals surface area contributed by atoms with Crippen molar-refractivity contribution in [1.82, 2.24) is 0 Å². The Balaban J connectivity index is 1.23. The molecule has 0 aliphatic heterocycles. The van der Waals surface area contributed by atoms with Crippen LogP contribution in [-0.4, -0.2) is 12.0 Å². The zero-order valence-corrected chi connectivity index (χ0v) is 27.2. The minimum absolute atomic E-state index is 0.103. The molecule has 0 N–H and O–H groups in total. The van der Waals surface area contributed by atoms with Crippen LogP contribution in [0.4, 0.5) is 4.39 Å². The van der Waals surface area contributed by atoms with Crippen molar-refractivity contribution in [3.63, 3.8) is 0 Å². The van der Waals surface area contributed by atoms with Crippen molar-refractivity contribution in [3.8, 4) is 0 Å². The first-order valence-corrected chi connectivity index (χ1v) is 17.6. The fraction of sp³-hybridized carbons (Fsp3) is 0.821. The lowest BCUT2D eigenvalue weighted by Gasteiger charge is -2.67. The van der Waals surface area contributed by atoms with E-state index < -0.39 is 6.17 Å². The molecule has 6 aliphatic carbocycles. The molecule has 0 heterocycles. The first kappa shape index (κ1) is 29.9. The van der Waals surface area contributed by atoms with Gasteiger partial charge in [-0.15, -0.1) is 6.58 Å². The standard InChI is InChI=1S/C39H59FO/c1-9-16-39-19-15-30-28(35(39)34(23(3)4)32(41)22-39)11-12-33-37(30,7)18-14-31-36(40)27(13-17-38(31,33)8)20-24(5)29-21-26(10-2)25(29)6/h10,23,25-31,33,36H,2,5,9,11-22H2,1,3-4,6-8H3. The highest BCUT2D eigenvalue weighted by Gasteiger charge is 2.65. The van der Waals surface area contributed by atoms with E-state index in [-0.39, 0.29) is 28.1 Å². The fourth-order valence-corrected chi connectivity index (χ4v) is 12.9. The number of halogens is 1. The molecule has 0 amide bonds. The van der Waals surface area contributed by atoms with Gasteiger partial charge in [0.15, 0.2) is 5.78 Å². The van der Waals surface area contributed by atoms with Crippen LogP contribution in [0.3, 0.4) is 0 Å². The summed E-state index contributed by atoms with van der Waals surface area (Å²) in [7, 11) is 0. The highest BCUT2D eigenvalue weighted by molar-refractivity contribution is 6.00. The third kappa shape index (κ3) is 4.29. The van der Waals surface area contributed by atoms with E-state index in [4.69, 9.17) is 0 Å². The normalized spacial score (nSPS) is 49.1. The molecule has 6 rings (SSSR count). The number of hydrogen-bond acceptors (Lipinski definition) is 1. The molecule has 0 aromatic carbocycles. The Morgan fingerprint density at radius 1 is 1.05 bits per heavy atom. The van der Waals surface area contributed by atoms with Crippen LogP contribution in [-0.2, 0) is 4.79 Å². The molecule has 5 saturated carbocycles. The molecular weight excluding hydrogens is 503 g/mol. The number of allylic oxidation sites excluding steroid dienone is 4. The maximum Gasteiger partial charge on any atom is 0.159 e. The van der Waals surface area contributed by atoms with E-state index in [9.17, 15) is 4.79 Å². The number of ketones is 1. The lowest BCUT2D eigenvalue weighted by molar-refractivity contribution is -0.175. The van der Waals surface area contributed by atoms with E-state index in [1.54, 1.807) is 5.57 Å². The Morgan fingerprint density at radius 2 is 1.73 bits per heavy atom. The van der Waals surface area contributed by atoms with Crippen molar-refractivity contribution in [3.05, 3.63) is 36.0 Å². The van der Waals surface area contributed by atoms with E-state index in [1.165, 1.54) is 62.5 Å². The number of alkyl halides is 1. The molecule has 6 aliphatic rings. The second-order valence-corrected chi connectivity index (χ2v) is 16.9. The molecule has 12 atom stereocenters. The van der Waals surface area contributed by atoms with Gasteiger partial charge in [0.25, 0.3) is 0 Å². The Labute approximate surface area is 251 Å². The minimum atomic E-state index is -0.690. The Bertz CT molecular complexity index is 1110. The lowest BCUT2D eigenvalue weighted by Crippen LogP contribution is -2.60. The number of fused-ring (bicyclic) bond motifs is 7.